The maximum atomic E-state index is 12.3. The molecule has 0 fully saturated rings. The molecule has 1 atom stereocenters. The predicted octanol–water partition coefficient (Wildman–Crippen LogP) is 2.57. The minimum Gasteiger partial charge on any atom is -0.496 e. The lowest BCUT2D eigenvalue weighted by Crippen LogP contribution is -2.28. The van der Waals surface area contributed by atoms with Gasteiger partial charge in [0.15, 0.2) is 0 Å². The molecule has 0 saturated heterocycles. The summed E-state index contributed by atoms with van der Waals surface area (Å²) in [5.41, 5.74) is 5.74. The second-order valence-corrected chi connectivity index (χ2v) is 3.25. The third-order valence-electron chi connectivity index (χ3n) is 2.13. The van der Waals surface area contributed by atoms with E-state index in [1.807, 2.05) is 0 Å². The molecular formula is C10H12F3NO. The van der Waals surface area contributed by atoms with Crippen LogP contribution in [0.1, 0.15) is 17.2 Å². The van der Waals surface area contributed by atoms with E-state index in [0.29, 0.717) is 11.3 Å². The first-order chi connectivity index (χ1) is 6.86. The molecule has 1 aromatic rings. The Hall–Kier alpha value is -1.23. The van der Waals surface area contributed by atoms with Crippen LogP contribution in [0, 0.1) is 6.92 Å². The van der Waals surface area contributed by atoms with E-state index in [2.05, 4.69) is 0 Å². The van der Waals surface area contributed by atoms with Crippen molar-refractivity contribution in [3.8, 4) is 5.75 Å². The van der Waals surface area contributed by atoms with Gasteiger partial charge in [-0.15, -0.1) is 0 Å². The number of halogens is 3. The largest absolute Gasteiger partial charge is 0.496 e. The number of nitrogens with two attached hydrogens (primary N) is 1. The molecule has 1 aromatic carbocycles. The third kappa shape index (κ3) is 2.62. The normalized spacial score (nSPS) is 13.7. The lowest BCUT2D eigenvalue weighted by molar-refractivity contribution is -0.149. The first-order valence-electron chi connectivity index (χ1n) is 4.33. The molecule has 1 rings (SSSR count). The van der Waals surface area contributed by atoms with Crippen LogP contribution in [-0.4, -0.2) is 13.3 Å². The molecule has 0 aliphatic heterocycles. The summed E-state index contributed by atoms with van der Waals surface area (Å²) in [4.78, 5) is 0. The van der Waals surface area contributed by atoms with Crippen LogP contribution in [-0.2, 0) is 0 Å². The Morgan fingerprint density at radius 2 is 1.93 bits per heavy atom. The first-order valence-corrected chi connectivity index (χ1v) is 4.33. The van der Waals surface area contributed by atoms with Gasteiger partial charge in [0.2, 0.25) is 0 Å². The summed E-state index contributed by atoms with van der Waals surface area (Å²) in [5, 5.41) is 0. The number of alkyl halides is 3. The average molecular weight is 219 g/mol. The zero-order valence-corrected chi connectivity index (χ0v) is 8.43. The van der Waals surface area contributed by atoms with Gasteiger partial charge in [-0.2, -0.15) is 13.2 Å². The predicted molar refractivity (Wildman–Crippen MR) is 50.7 cm³/mol. The van der Waals surface area contributed by atoms with E-state index in [-0.39, 0.29) is 5.56 Å². The van der Waals surface area contributed by atoms with Crippen LogP contribution < -0.4 is 10.5 Å². The molecule has 0 aliphatic carbocycles. The van der Waals surface area contributed by atoms with Gasteiger partial charge in [0.25, 0.3) is 0 Å². The summed E-state index contributed by atoms with van der Waals surface area (Å²) < 4.78 is 41.8. The number of rotatable bonds is 2. The fourth-order valence-electron chi connectivity index (χ4n) is 1.28. The Bertz CT molecular complexity index is 349. The van der Waals surface area contributed by atoms with Gasteiger partial charge in [-0.1, -0.05) is 12.1 Å². The molecule has 0 aliphatic rings. The number of methoxy groups -OCH3 is 1. The SMILES string of the molecule is COc1ccc([C@@H](N)C(F)(F)F)cc1C. The highest BCUT2D eigenvalue weighted by molar-refractivity contribution is 5.37. The number of benzene rings is 1. The van der Waals surface area contributed by atoms with Crippen LogP contribution in [0.2, 0.25) is 0 Å². The zero-order valence-electron chi connectivity index (χ0n) is 8.43. The maximum Gasteiger partial charge on any atom is 0.407 e. The molecule has 0 saturated carbocycles. The minimum absolute atomic E-state index is 0.0424. The van der Waals surface area contributed by atoms with E-state index in [1.165, 1.54) is 25.3 Å². The van der Waals surface area contributed by atoms with Crippen LogP contribution in [0.5, 0.6) is 5.75 Å². The molecule has 15 heavy (non-hydrogen) atoms. The quantitative estimate of drug-likeness (QED) is 0.829. The van der Waals surface area contributed by atoms with Gasteiger partial charge in [0.05, 0.1) is 7.11 Å². The number of hydrogen-bond donors (Lipinski definition) is 1. The Labute approximate surface area is 85.8 Å². The molecule has 0 radical (unpaired) electrons. The summed E-state index contributed by atoms with van der Waals surface area (Å²) in [6, 6.07) is 2.25. The highest BCUT2D eigenvalue weighted by Gasteiger charge is 2.37. The van der Waals surface area contributed by atoms with Crippen molar-refractivity contribution in [3.05, 3.63) is 29.3 Å². The van der Waals surface area contributed by atoms with Crippen LogP contribution in [0.25, 0.3) is 0 Å². The highest BCUT2D eigenvalue weighted by Crippen LogP contribution is 2.32. The van der Waals surface area contributed by atoms with Crippen molar-refractivity contribution in [1.82, 2.24) is 0 Å². The summed E-state index contributed by atoms with van der Waals surface area (Å²) in [6.45, 7) is 1.67. The summed E-state index contributed by atoms with van der Waals surface area (Å²) >= 11 is 0. The van der Waals surface area contributed by atoms with Gasteiger partial charge in [0.1, 0.15) is 11.8 Å². The van der Waals surface area contributed by atoms with Crippen LogP contribution >= 0.6 is 0 Å². The Balaban J connectivity index is 3.02. The smallest absolute Gasteiger partial charge is 0.407 e. The fraction of sp³-hybridized carbons (Fsp3) is 0.400. The lowest BCUT2D eigenvalue weighted by atomic mass is 10.0. The van der Waals surface area contributed by atoms with Crippen molar-refractivity contribution < 1.29 is 17.9 Å². The second-order valence-electron chi connectivity index (χ2n) is 3.25. The van der Waals surface area contributed by atoms with Gasteiger partial charge >= 0.3 is 6.18 Å². The second kappa shape index (κ2) is 4.10. The van der Waals surface area contributed by atoms with Gasteiger partial charge < -0.3 is 10.5 Å². The average Bonchev–Trinajstić information content (AvgIpc) is 2.15. The van der Waals surface area contributed by atoms with Crippen LogP contribution in [0.3, 0.4) is 0 Å². The van der Waals surface area contributed by atoms with Gasteiger partial charge in [-0.3, -0.25) is 0 Å². The lowest BCUT2D eigenvalue weighted by Gasteiger charge is -2.17. The fourth-order valence-corrected chi connectivity index (χ4v) is 1.28. The molecule has 0 amide bonds. The van der Waals surface area contributed by atoms with E-state index in [4.69, 9.17) is 10.5 Å². The van der Waals surface area contributed by atoms with Crippen molar-refractivity contribution in [2.45, 2.75) is 19.1 Å². The van der Waals surface area contributed by atoms with Crippen molar-refractivity contribution in [1.29, 1.82) is 0 Å². The molecule has 84 valence electrons. The van der Waals surface area contributed by atoms with E-state index >= 15 is 0 Å². The van der Waals surface area contributed by atoms with E-state index in [0.717, 1.165) is 0 Å². The molecule has 2 nitrogen and oxygen atoms in total. The van der Waals surface area contributed by atoms with E-state index in [9.17, 15) is 13.2 Å². The van der Waals surface area contributed by atoms with Crippen molar-refractivity contribution in [3.63, 3.8) is 0 Å². The molecule has 0 aromatic heterocycles. The number of hydrogen-bond acceptors (Lipinski definition) is 2. The topological polar surface area (TPSA) is 35.2 Å². The minimum atomic E-state index is -4.42. The molecule has 5 heteroatoms. The molecule has 0 spiro atoms. The molecular weight excluding hydrogens is 207 g/mol. The van der Waals surface area contributed by atoms with E-state index < -0.39 is 12.2 Å². The Morgan fingerprint density at radius 3 is 2.33 bits per heavy atom. The Morgan fingerprint density at radius 1 is 1.33 bits per heavy atom. The summed E-state index contributed by atoms with van der Waals surface area (Å²) in [7, 11) is 1.46. The maximum absolute atomic E-state index is 12.3. The molecule has 0 heterocycles. The third-order valence-corrected chi connectivity index (χ3v) is 2.13. The van der Waals surface area contributed by atoms with Crippen molar-refractivity contribution in [2.24, 2.45) is 5.73 Å². The van der Waals surface area contributed by atoms with Crippen LogP contribution in [0.15, 0.2) is 18.2 Å². The standard InChI is InChI=1S/C10H12F3NO/c1-6-5-7(3-4-8(6)15-2)9(14)10(11,12)13/h3-5,9H,14H2,1-2H3/t9-/m1/s1. The summed E-state index contributed by atoms with van der Waals surface area (Å²) in [5.74, 6) is 0.549. The summed E-state index contributed by atoms with van der Waals surface area (Å²) in [6.07, 6.45) is -4.42. The molecule has 0 unspecified atom stereocenters. The van der Waals surface area contributed by atoms with Gasteiger partial charge in [0, 0.05) is 0 Å². The number of ether oxygens (including phenoxy) is 1. The van der Waals surface area contributed by atoms with Crippen LogP contribution in [0.4, 0.5) is 13.2 Å². The van der Waals surface area contributed by atoms with Gasteiger partial charge in [-0.05, 0) is 24.1 Å². The highest BCUT2D eigenvalue weighted by atomic mass is 19.4. The number of aryl methyl sites for hydroxylation is 1. The van der Waals surface area contributed by atoms with E-state index in [1.54, 1.807) is 6.92 Å². The Kier molecular flexibility index (Phi) is 3.24. The molecule has 0 bridgehead atoms. The van der Waals surface area contributed by atoms with Crippen molar-refractivity contribution in [2.75, 3.05) is 7.11 Å². The first kappa shape index (κ1) is 11.8. The monoisotopic (exact) mass is 219 g/mol. The van der Waals surface area contributed by atoms with Gasteiger partial charge in [-0.25, -0.2) is 0 Å². The molecule has 2 N–H and O–H groups in total. The van der Waals surface area contributed by atoms with Crippen molar-refractivity contribution >= 4 is 0 Å². The zero-order chi connectivity index (χ0) is 11.6.